The molecule has 156 valence electrons. The van der Waals surface area contributed by atoms with Crippen LogP contribution in [0.25, 0.3) is 6.08 Å². The van der Waals surface area contributed by atoms with Crippen molar-refractivity contribution in [2.75, 3.05) is 20.7 Å². The highest BCUT2D eigenvalue weighted by Crippen LogP contribution is 2.36. The number of hydrogen-bond acceptors (Lipinski definition) is 6. The van der Waals surface area contributed by atoms with Gasteiger partial charge in [-0.1, -0.05) is 0 Å². The number of aryl methyl sites for hydroxylation is 1. The maximum absolute atomic E-state index is 12.5. The molecule has 0 radical (unpaired) electrons. The summed E-state index contributed by atoms with van der Waals surface area (Å²) >= 11 is 1.54. The van der Waals surface area contributed by atoms with E-state index in [0.29, 0.717) is 12.2 Å². The van der Waals surface area contributed by atoms with Crippen LogP contribution in [0.5, 0.6) is 0 Å². The van der Waals surface area contributed by atoms with Crippen LogP contribution in [0.3, 0.4) is 0 Å². The first-order chi connectivity index (χ1) is 14.4. The maximum atomic E-state index is 12.5. The first kappa shape index (κ1) is 21.7. The number of allylic oxidation sites excluding steroid dienone is 1. The van der Waals surface area contributed by atoms with Crippen LogP contribution in [0.15, 0.2) is 24.5 Å². The Morgan fingerprint density at radius 1 is 1.43 bits per heavy atom. The number of ether oxygens (including phenoxy) is 1. The van der Waals surface area contributed by atoms with Crippen molar-refractivity contribution < 1.29 is 14.3 Å². The number of pyridine rings is 1. The Morgan fingerprint density at radius 2 is 2.23 bits per heavy atom. The second kappa shape index (κ2) is 9.68. The van der Waals surface area contributed by atoms with Crippen LogP contribution in [-0.4, -0.2) is 42.5 Å². The third-order valence-corrected chi connectivity index (χ3v) is 6.48. The van der Waals surface area contributed by atoms with Crippen molar-refractivity contribution in [2.24, 2.45) is 5.92 Å². The van der Waals surface area contributed by atoms with Crippen LogP contribution in [0.1, 0.15) is 38.4 Å². The zero-order valence-electron chi connectivity index (χ0n) is 17.5. The van der Waals surface area contributed by atoms with E-state index in [4.69, 9.17) is 4.74 Å². The van der Waals surface area contributed by atoms with Crippen LogP contribution < -0.4 is 0 Å². The molecular formula is C23H25N3O3S. The van der Waals surface area contributed by atoms with E-state index in [-0.39, 0.29) is 24.2 Å². The molecule has 2 aromatic heterocycles. The standard InChI is InChI=1S/C23H25N3O3S/c1-15-8-9-25-13-17(15)5-6-18(27)11-22-20(12-24)19-7-4-16(10-21(19)30-22)14-29-23(28)26(2)3/h5-6,8-9,13,16H,4,7,10-11,14H2,1-3H3/b6-5+. The second-order valence-corrected chi connectivity index (χ2v) is 8.89. The van der Waals surface area contributed by atoms with E-state index in [2.05, 4.69) is 11.1 Å². The average Bonchev–Trinajstić information content (AvgIpc) is 3.07. The third kappa shape index (κ3) is 5.14. The zero-order valence-corrected chi connectivity index (χ0v) is 18.3. The molecule has 0 spiro atoms. The summed E-state index contributed by atoms with van der Waals surface area (Å²) in [5, 5.41) is 9.67. The largest absolute Gasteiger partial charge is 0.449 e. The fourth-order valence-corrected chi connectivity index (χ4v) is 4.91. The summed E-state index contributed by atoms with van der Waals surface area (Å²) in [6.45, 7) is 2.34. The van der Waals surface area contributed by atoms with Gasteiger partial charge in [0.1, 0.15) is 6.07 Å². The fourth-order valence-electron chi connectivity index (χ4n) is 3.48. The van der Waals surface area contributed by atoms with Crippen molar-refractivity contribution in [3.05, 3.63) is 56.5 Å². The molecule has 6 nitrogen and oxygen atoms in total. The first-order valence-corrected chi connectivity index (χ1v) is 10.7. The fraction of sp³-hybridized carbons (Fsp3) is 0.391. The van der Waals surface area contributed by atoms with Gasteiger partial charge in [0.15, 0.2) is 5.78 Å². The molecule has 1 atom stereocenters. The van der Waals surface area contributed by atoms with E-state index in [9.17, 15) is 14.9 Å². The lowest BCUT2D eigenvalue weighted by molar-refractivity contribution is -0.113. The lowest BCUT2D eigenvalue weighted by Crippen LogP contribution is -2.27. The number of aromatic nitrogens is 1. The minimum atomic E-state index is -0.341. The van der Waals surface area contributed by atoms with Gasteiger partial charge in [-0.2, -0.15) is 5.26 Å². The molecule has 0 saturated heterocycles. The molecule has 0 aliphatic heterocycles. The van der Waals surface area contributed by atoms with Crippen molar-refractivity contribution in [3.63, 3.8) is 0 Å². The monoisotopic (exact) mass is 423 g/mol. The number of carbonyl (C=O) groups excluding carboxylic acids is 2. The first-order valence-electron chi connectivity index (χ1n) is 9.88. The summed E-state index contributed by atoms with van der Waals surface area (Å²) in [6.07, 6.45) is 9.08. The van der Waals surface area contributed by atoms with Gasteiger partial charge in [0.05, 0.1) is 12.2 Å². The van der Waals surface area contributed by atoms with Gasteiger partial charge in [-0.3, -0.25) is 9.78 Å². The number of carbonyl (C=O) groups is 2. The molecule has 30 heavy (non-hydrogen) atoms. The molecule has 0 aromatic carbocycles. The molecule has 3 rings (SSSR count). The topological polar surface area (TPSA) is 83.3 Å². The number of nitrogens with zero attached hydrogens (tertiary/aromatic N) is 3. The van der Waals surface area contributed by atoms with Gasteiger partial charge < -0.3 is 9.64 Å². The Labute approximate surface area is 180 Å². The number of ketones is 1. The minimum absolute atomic E-state index is 0.0372. The van der Waals surface area contributed by atoms with Crippen LogP contribution >= 0.6 is 11.3 Å². The van der Waals surface area contributed by atoms with Crippen molar-refractivity contribution in [1.82, 2.24) is 9.88 Å². The summed E-state index contributed by atoms with van der Waals surface area (Å²) in [5.41, 5.74) is 3.68. The summed E-state index contributed by atoms with van der Waals surface area (Å²) in [7, 11) is 3.32. The number of thiophene rings is 1. The van der Waals surface area contributed by atoms with Crippen molar-refractivity contribution in [2.45, 2.75) is 32.6 Å². The lowest BCUT2D eigenvalue weighted by Gasteiger charge is -2.22. The normalized spacial score (nSPS) is 15.5. The van der Waals surface area contributed by atoms with E-state index >= 15 is 0 Å². The molecule has 0 bridgehead atoms. The second-order valence-electron chi connectivity index (χ2n) is 7.70. The van der Waals surface area contributed by atoms with Crippen LogP contribution in [0.2, 0.25) is 0 Å². The van der Waals surface area contributed by atoms with Gasteiger partial charge in [-0.25, -0.2) is 4.79 Å². The minimum Gasteiger partial charge on any atom is -0.449 e. The summed E-state index contributed by atoms with van der Waals surface area (Å²) in [4.78, 5) is 31.6. The van der Waals surface area contributed by atoms with E-state index in [0.717, 1.165) is 45.7 Å². The molecule has 0 N–H and O–H groups in total. The predicted molar refractivity (Wildman–Crippen MR) is 116 cm³/mol. The number of nitriles is 1. The molecule has 7 heteroatoms. The van der Waals surface area contributed by atoms with Gasteiger partial charge in [-0.15, -0.1) is 11.3 Å². The van der Waals surface area contributed by atoms with Crippen molar-refractivity contribution >= 4 is 29.3 Å². The Morgan fingerprint density at radius 3 is 2.93 bits per heavy atom. The van der Waals surface area contributed by atoms with Gasteiger partial charge in [0, 0.05) is 42.7 Å². The molecule has 1 aliphatic carbocycles. The summed E-state index contributed by atoms with van der Waals surface area (Å²) in [5.74, 6) is 0.202. The van der Waals surface area contributed by atoms with Gasteiger partial charge >= 0.3 is 6.09 Å². The summed E-state index contributed by atoms with van der Waals surface area (Å²) in [6, 6.07) is 4.20. The molecule has 2 heterocycles. The van der Waals surface area contributed by atoms with Gasteiger partial charge in [0.25, 0.3) is 0 Å². The molecule has 1 aliphatic rings. The van der Waals surface area contributed by atoms with Gasteiger partial charge in [0.2, 0.25) is 0 Å². The maximum Gasteiger partial charge on any atom is 0.409 e. The van der Waals surface area contributed by atoms with E-state index in [1.54, 1.807) is 50.0 Å². The van der Waals surface area contributed by atoms with Crippen LogP contribution in [0.4, 0.5) is 4.79 Å². The highest BCUT2D eigenvalue weighted by molar-refractivity contribution is 7.12. The smallest absolute Gasteiger partial charge is 0.409 e. The third-order valence-electron chi connectivity index (χ3n) is 5.22. The Kier molecular flexibility index (Phi) is 7.01. The lowest BCUT2D eigenvalue weighted by atomic mass is 9.87. The molecule has 0 saturated carbocycles. The van der Waals surface area contributed by atoms with Crippen molar-refractivity contribution in [3.8, 4) is 6.07 Å². The van der Waals surface area contributed by atoms with E-state index < -0.39 is 0 Å². The number of amides is 1. The SMILES string of the molecule is Cc1ccncc1/C=C/C(=O)Cc1sc2c(c1C#N)CCC(COC(=O)N(C)C)C2. The van der Waals surface area contributed by atoms with Crippen LogP contribution in [0, 0.1) is 24.2 Å². The molecule has 1 amide bonds. The number of hydrogen-bond donors (Lipinski definition) is 0. The van der Waals surface area contributed by atoms with E-state index in [1.807, 2.05) is 13.0 Å². The molecule has 1 unspecified atom stereocenters. The highest BCUT2D eigenvalue weighted by atomic mass is 32.1. The Balaban J connectivity index is 1.68. The van der Waals surface area contributed by atoms with Crippen LogP contribution in [-0.2, 0) is 28.8 Å². The van der Waals surface area contributed by atoms with E-state index in [1.165, 1.54) is 4.90 Å². The molecule has 0 fully saturated rings. The Hall–Kier alpha value is -2.98. The Bertz CT molecular complexity index is 1020. The quantitative estimate of drug-likeness (QED) is 0.657. The number of fused-ring (bicyclic) bond motifs is 1. The number of rotatable bonds is 6. The predicted octanol–water partition coefficient (Wildman–Crippen LogP) is 3.95. The van der Waals surface area contributed by atoms with Crippen molar-refractivity contribution in [1.29, 1.82) is 5.26 Å². The molecule has 2 aromatic rings. The highest BCUT2D eigenvalue weighted by Gasteiger charge is 2.27. The zero-order chi connectivity index (χ0) is 21.7. The molecular weight excluding hydrogens is 398 g/mol. The van der Waals surface area contributed by atoms with Gasteiger partial charge in [-0.05, 0) is 67.0 Å². The average molecular weight is 424 g/mol. The summed E-state index contributed by atoms with van der Waals surface area (Å²) < 4.78 is 5.33.